The number of rotatable bonds is 0. The third-order valence-electron chi connectivity index (χ3n) is 2.14. The van der Waals surface area contributed by atoms with Crippen molar-refractivity contribution in [3.8, 4) is 0 Å². The van der Waals surface area contributed by atoms with E-state index in [2.05, 4.69) is 0 Å². The van der Waals surface area contributed by atoms with Crippen LogP contribution in [0.5, 0.6) is 0 Å². The van der Waals surface area contributed by atoms with Crippen molar-refractivity contribution < 1.29 is 13.2 Å². The van der Waals surface area contributed by atoms with Crippen molar-refractivity contribution >= 4 is 0 Å². The number of alkyl halides is 3. The van der Waals surface area contributed by atoms with E-state index in [9.17, 15) is 13.2 Å². The molecule has 0 aromatic heterocycles. The first-order valence-corrected chi connectivity index (χ1v) is 4.37. The van der Waals surface area contributed by atoms with Crippen molar-refractivity contribution in [2.24, 2.45) is 11.8 Å². The Labute approximate surface area is 76.1 Å². The van der Waals surface area contributed by atoms with Crippen molar-refractivity contribution in [2.45, 2.75) is 26.4 Å². The predicted molar refractivity (Wildman–Crippen MR) is 46.2 cm³/mol. The summed E-state index contributed by atoms with van der Waals surface area (Å²) in [5.74, 6) is 0.229. The fourth-order valence-corrected chi connectivity index (χ4v) is 1.55. The molecule has 0 aromatic rings. The largest absolute Gasteiger partial charge is 0.416 e. The van der Waals surface area contributed by atoms with Crippen LogP contribution in [-0.4, -0.2) is 6.18 Å². The average Bonchev–Trinajstić information content (AvgIpc) is 2.09. The second kappa shape index (κ2) is 3.56. The fourth-order valence-electron chi connectivity index (χ4n) is 1.55. The van der Waals surface area contributed by atoms with Crippen LogP contribution in [0.15, 0.2) is 23.8 Å². The predicted octanol–water partition coefficient (Wildman–Crippen LogP) is 3.71. The summed E-state index contributed by atoms with van der Waals surface area (Å²) in [7, 11) is 0. The van der Waals surface area contributed by atoms with Crippen molar-refractivity contribution in [1.29, 1.82) is 0 Å². The van der Waals surface area contributed by atoms with Gasteiger partial charge in [-0.05, 0) is 18.3 Å². The Kier molecular flexibility index (Phi) is 2.84. The molecule has 0 saturated heterocycles. The van der Waals surface area contributed by atoms with Crippen LogP contribution >= 0.6 is 0 Å². The highest BCUT2D eigenvalue weighted by Crippen LogP contribution is 2.31. The van der Waals surface area contributed by atoms with Crippen molar-refractivity contribution in [3.05, 3.63) is 23.8 Å². The van der Waals surface area contributed by atoms with E-state index in [1.165, 1.54) is 12.2 Å². The maximum atomic E-state index is 12.3. The molecule has 0 saturated carbocycles. The van der Waals surface area contributed by atoms with Gasteiger partial charge in [0.15, 0.2) is 0 Å². The Morgan fingerprint density at radius 3 is 2.38 bits per heavy atom. The molecule has 0 heterocycles. The number of halogens is 3. The zero-order chi connectivity index (χ0) is 10.1. The highest BCUT2D eigenvalue weighted by molar-refractivity contribution is 5.26. The Balaban J connectivity index is 2.89. The van der Waals surface area contributed by atoms with Crippen LogP contribution in [0.3, 0.4) is 0 Å². The molecule has 13 heavy (non-hydrogen) atoms. The lowest BCUT2D eigenvalue weighted by Crippen LogP contribution is -2.10. The highest BCUT2D eigenvalue weighted by Gasteiger charge is 2.32. The molecule has 74 valence electrons. The van der Waals surface area contributed by atoms with E-state index in [0.717, 1.165) is 6.42 Å². The van der Waals surface area contributed by atoms with Crippen LogP contribution in [0.2, 0.25) is 0 Å². The van der Waals surface area contributed by atoms with Gasteiger partial charge in [0.25, 0.3) is 0 Å². The summed E-state index contributed by atoms with van der Waals surface area (Å²) in [5, 5.41) is 0. The minimum atomic E-state index is -4.20. The fraction of sp³-hybridized carbons (Fsp3) is 0.600. The highest BCUT2D eigenvalue weighted by atomic mass is 19.4. The molecule has 1 aliphatic rings. The molecule has 3 heteroatoms. The Hall–Kier alpha value is -0.730. The monoisotopic (exact) mass is 190 g/mol. The normalized spacial score (nSPS) is 29.8. The molecule has 0 nitrogen and oxygen atoms in total. The summed E-state index contributed by atoms with van der Waals surface area (Å²) in [6, 6.07) is 0. The first-order chi connectivity index (χ1) is 5.89. The van der Waals surface area contributed by atoms with Crippen molar-refractivity contribution in [3.63, 3.8) is 0 Å². The molecule has 1 rings (SSSR count). The average molecular weight is 190 g/mol. The quantitative estimate of drug-likeness (QED) is 0.546. The van der Waals surface area contributed by atoms with Gasteiger partial charge >= 0.3 is 6.18 Å². The van der Waals surface area contributed by atoms with Gasteiger partial charge in [-0.15, -0.1) is 0 Å². The van der Waals surface area contributed by atoms with Gasteiger partial charge in [-0.2, -0.15) is 13.2 Å². The minimum Gasteiger partial charge on any atom is -0.166 e. The van der Waals surface area contributed by atoms with Crippen molar-refractivity contribution in [2.75, 3.05) is 0 Å². The molecule has 1 aliphatic carbocycles. The van der Waals surface area contributed by atoms with Crippen LogP contribution in [0.25, 0.3) is 0 Å². The Bertz CT molecular complexity index is 235. The topological polar surface area (TPSA) is 0 Å². The zero-order valence-corrected chi connectivity index (χ0v) is 7.73. The minimum absolute atomic E-state index is 0.00150. The van der Waals surface area contributed by atoms with Crippen LogP contribution in [0.1, 0.15) is 20.3 Å². The molecule has 0 aliphatic heterocycles. The summed E-state index contributed by atoms with van der Waals surface area (Å²) in [6.45, 7) is 3.75. The Morgan fingerprint density at radius 1 is 1.23 bits per heavy atom. The smallest absolute Gasteiger partial charge is 0.166 e. The maximum Gasteiger partial charge on any atom is 0.416 e. The van der Waals surface area contributed by atoms with E-state index in [1.807, 2.05) is 13.8 Å². The molecule has 2 atom stereocenters. The lowest BCUT2D eigenvalue weighted by atomic mass is 9.99. The molecule has 0 N–H and O–H groups in total. The van der Waals surface area contributed by atoms with Gasteiger partial charge in [-0.3, -0.25) is 0 Å². The lowest BCUT2D eigenvalue weighted by molar-refractivity contribution is -0.0885. The molecule has 0 aromatic carbocycles. The van der Waals surface area contributed by atoms with E-state index in [1.54, 1.807) is 6.08 Å². The summed E-state index contributed by atoms with van der Waals surface area (Å²) in [5.41, 5.74) is -0.510. The SMILES string of the molecule is CC1C=CC(C(F)(F)F)=CC(C)C1. The van der Waals surface area contributed by atoms with Gasteiger partial charge in [-0.25, -0.2) is 0 Å². The second-order valence-electron chi connectivity index (χ2n) is 3.67. The van der Waals surface area contributed by atoms with E-state index in [-0.39, 0.29) is 11.8 Å². The van der Waals surface area contributed by atoms with Gasteiger partial charge in [-0.1, -0.05) is 32.1 Å². The van der Waals surface area contributed by atoms with Crippen LogP contribution in [-0.2, 0) is 0 Å². The first kappa shape index (κ1) is 10.4. The molecule has 0 bridgehead atoms. The van der Waals surface area contributed by atoms with Crippen LogP contribution < -0.4 is 0 Å². The second-order valence-corrected chi connectivity index (χ2v) is 3.67. The van der Waals surface area contributed by atoms with Gasteiger partial charge in [0.2, 0.25) is 0 Å². The zero-order valence-electron chi connectivity index (χ0n) is 7.73. The molecule has 0 fully saturated rings. The van der Waals surface area contributed by atoms with E-state index >= 15 is 0 Å². The number of hydrogen-bond acceptors (Lipinski definition) is 0. The maximum absolute atomic E-state index is 12.3. The van der Waals surface area contributed by atoms with E-state index in [4.69, 9.17) is 0 Å². The van der Waals surface area contributed by atoms with Gasteiger partial charge in [0.05, 0.1) is 5.57 Å². The van der Waals surface area contributed by atoms with Gasteiger partial charge in [0.1, 0.15) is 0 Å². The summed E-state index contributed by atoms with van der Waals surface area (Å²) >= 11 is 0. The standard InChI is InChI=1S/C10H13F3/c1-7-3-4-9(10(11,12)13)6-8(2)5-7/h3-4,6-8H,5H2,1-2H3. The van der Waals surface area contributed by atoms with E-state index in [0.29, 0.717) is 0 Å². The number of hydrogen-bond donors (Lipinski definition) is 0. The molecule has 2 unspecified atom stereocenters. The summed E-state index contributed by atoms with van der Waals surface area (Å²) in [6.07, 6.45) is 0.710. The van der Waals surface area contributed by atoms with Crippen molar-refractivity contribution in [1.82, 2.24) is 0 Å². The Morgan fingerprint density at radius 2 is 1.85 bits per heavy atom. The molecular weight excluding hydrogens is 177 g/mol. The first-order valence-electron chi connectivity index (χ1n) is 4.37. The van der Waals surface area contributed by atoms with Crippen LogP contribution in [0, 0.1) is 11.8 Å². The van der Waals surface area contributed by atoms with Gasteiger partial charge in [0, 0.05) is 0 Å². The summed E-state index contributed by atoms with van der Waals surface area (Å²) < 4.78 is 36.9. The summed E-state index contributed by atoms with van der Waals surface area (Å²) in [4.78, 5) is 0. The third kappa shape index (κ3) is 2.90. The van der Waals surface area contributed by atoms with Gasteiger partial charge < -0.3 is 0 Å². The number of allylic oxidation sites excluding steroid dienone is 4. The molecular formula is C10H13F3. The van der Waals surface area contributed by atoms with Crippen LogP contribution in [0.4, 0.5) is 13.2 Å². The third-order valence-corrected chi connectivity index (χ3v) is 2.14. The lowest BCUT2D eigenvalue weighted by Gasteiger charge is -2.09. The molecule has 0 amide bonds. The molecule has 0 spiro atoms. The molecule has 0 radical (unpaired) electrons. The van der Waals surface area contributed by atoms with E-state index < -0.39 is 11.7 Å².